The minimum Gasteiger partial charge on any atom is -0.493 e. The monoisotopic (exact) mass is 308 g/mol. The molecule has 0 radical (unpaired) electrons. The van der Waals surface area contributed by atoms with Gasteiger partial charge in [-0.25, -0.2) is 0 Å². The summed E-state index contributed by atoms with van der Waals surface area (Å²) in [5.41, 5.74) is 2.30. The van der Waals surface area contributed by atoms with E-state index in [1.54, 1.807) is 0 Å². The van der Waals surface area contributed by atoms with E-state index in [9.17, 15) is 0 Å². The molecule has 0 unspecified atom stereocenters. The lowest BCUT2D eigenvalue weighted by atomic mass is 10.0. The van der Waals surface area contributed by atoms with Crippen molar-refractivity contribution in [2.24, 2.45) is 5.92 Å². The molecule has 0 saturated carbocycles. The Kier molecular flexibility index (Phi) is 5.02. The highest BCUT2D eigenvalue weighted by Crippen LogP contribution is 2.33. The number of ether oxygens (including phenoxy) is 2. The molecule has 1 aliphatic rings. The van der Waals surface area contributed by atoms with Gasteiger partial charge in [-0.15, -0.1) is 0 Å². The zero-order chi connectivity index (χ0) is 16.1. The average molecular weight is 308 g/mol. The van der Waals surface area contributed by atoms with Crippen LogP contribution < -0.4 is 9.47 Å². The molecule has 0 atom stereocenters. The van der Waals surface area contributed by atoms with E-state index in [0.717, 1.165) is 48.7 Å². The summed E-state index contributed by atoms with van der Waals surface area (Å²) in [5.74, 6) is 3.44. The van der Waals surface area contributed by atoms with Gasteiger partial charge in [0.2, 0.25) is 0 Å². The number of fused-ring (bicyclic) bond motifs is 1. The Morgan fingerprint density at radius 1 is 1.04 bits per heavy atom. The van der Waals surface area contributed by atoms with E-state index in [1.807, 2.05) is 30.3 Å². The van der Waals surface area contributed by atoms with Crippen LogP contribution in [-0.4, -0.2) is 6.61 Å². The van der Waals surface area contributed by atoms with Crippen LogP contribution in [0.2, 0.25) is 0 Å². The molecule has 0 spiro atoms. The summed E-state index contributed by atoms with van der Waals surface area (Å²) in [6.07, 6.45) is 5.34. The molecule has 0 bridgehead atoms. The molecule has 2 aromatic carbocycles. The van der Waals surface area contributed by atoms with E-state index in [-0.39, 0.29) is 0 Å². The van der Waals surface area contributed by atoms with Crippen molar-refractivity contribution in [2.45, 2.75) is 33.1 Å². The van der Waals surface area contributed by atoms with E-state index in [0.29, 0.717) is 5.92 Å². The molecule has 0 saturated heterocycles. The largest absolute Gasteiger partial charge is 0.493 e. The second kappa shape index (κ2) is 7.36. The summed E-state index contributed by atoms with van der Waals surface area (Å²) in [5, 5.41) is 0. The second-order valence-electron chi connectivity index (χ2n) is 6.00. The van der Waals surface area contributed by atoms with Crippen LogP contribution >= 0.6 is 0 Å². The highest BCUT2D eigenvalue weighted by molar-refractivity contribution is 5.65. The lowest BCUT2D eigenvalue weighted by Crippen LogP contribution is -2.10. The number of rotatable bonds is 6. The standard InChI is InChI=1S/C21H24O2/c1-3-16(4-2)15-22-19-11-13-21-18(14-19)10-12-20(23-21)17-8-6-5-7-9-17/h5-9,11-14,16H,3-4,10,15H2,1-2H3. The summed E-state index contributed by atoms with van der Waals surface area (Å²) < 4.78 is 12.0. The summed E-state index contributed by atoms with van der Waals surface area (Å²) in [6, 6.07) is 16.4. The molecular formula is C21H24O2. The van der Waals surface area contributed by atoms with Crippen LogP contribution in [0.4, 0.5) is 0 Å². The summed E-state index contributed by atoms with van der Waals surface area (Å²) in [4.78, 5) is 0. The maximum absolute atomic E-state index is 6.05. The summed E-state index contributed by atoms with van der Waals surface area (Å²) >= 11 is 0. The molecule has 0 fully saturated rings. The van der Waals surface area contributed by atoms with E-state index < -0.39 is 0 Å². The van der Waals surface area contributed by atoms with Gasteiger partial charge in [-0.1, -0.05) is 57.0 Å². The number of hydrogen-bond acceptors (Lipinski definition) is 2. The molecule has 2 aromatic rings. The quantitative estimate of drug-likeness (QED) is 0.703. The van der Waals surface area contributed by atoms with Gasteiger partial charge < -0.3 is 9.47 Å². The molecule has 3 rings (SSSR count). The SMILES string of the molecule is CCC(CC)COc1ccc2c(c1)CC=C(c1ccccc1)O2. The fourth-order valence-electron chi connectivity index (χ4n) is 2.79. The van der Waals surface area contributed by atoms with Gasteiger partial charge in [0.05, 0.1) is 6.61 Å². The third kappa shape index (κ3) is 3.76. The van der Waals surface area contributed by atoms with Crippen molar-refractivity contribution in [1.82, 2.24) is 0 Å². The van der Waals surface area contributed by atoms with Crippen molar-refractivity contribution in [3.8, 4) is 11.5 Å². The Morgan fingerprint density at radius 2 is 1.83 bits per heavy atom. The molecule has 1 heterocycles. The molecule has 0 N–H and O–H groups in total. The lowest BCUT2D eigenvalue weighted by molar-refractivity contribution is 0.240. The highest BCUT2D eigenvalue weighted by Gasteiger charge is 2.15. The fraction of sp³-hybridized carbons (Fsp3) is 0.333. The molecule has 0 amide bonds. The van der Waals surface area contributed by atoms with Crippen molar-refractivity contribution < 1.29 is 9.47 Å². The van der Waals surface area contributed by atoms with Crippen molar-refractivity contribution in [3.63, 3.8) is 0 Å². The highest BCUT2D eigenvalue weighted by atomic mass is 16.5. The Labute approximate surface area is 138 Å². The van der Waals surface area contributed by atoms with Gasteiger partial charge in [-0.05, 0) is 36.6 Å². The smallest absolute Gasteiger partial charge is 0.131 e. The Bertz CT molecular complexity index is 669. The van der Waals surface area contributed by atoms with Crippen molar-refractivity contribution >= 4 is 5.76 Å². The normalized spacial score (nSPS) is 13.3. The van der Waals surface area contributed by atoms with Gasteiger partial charge in [0.1, 0.15) is 17.3 Å². The predicted octanol–water partition coefficient (Wildman–Crippen LogP) is 5.48. The average Bonchev–Trinajstić information content (AvgIpc) is 2.63. The van der Waals surface area contributed by atoms with Gasteiger partial charge in [0, 0.05) is 11.1 Å². The summed E-state index contributed by atoms with van der Waals surface area (Å²) in [7, 11) is 0. The molecule has 2 nitrogen and oxygen atoms in total. The van der Waals surface area contributed by atoms with Crippen LogP contribution in [0, 0.1) is 5.92 Å². The number of hydrogen-bond donors (Lipinski definition) is 0. The van der Waals surface area contributed by atoms with Crippen LogP contribution in [0.15, 0.2) is 54.6 Å². The topological polar surface area (TPSA) is 18.5 Å². The van der Waals surface area contributed by atoms with E-state index in [2.05, 4.69) is 38.1 Å². The van der Waals surface area contributed by atoms with Crippen LogP contribution in [-0.2, 0) is 6.42 Å². The first kappa shape index (κ1) is 15.7. The zero-order valence-electron chi connectivity index (χ0n) is 13.9. The summed E-state index contributed by atoms with van der Waals surface area (Å²) in [6.45, 7) is 5.22. The first-order valence-corrected chi connectivity index (χ1v) is 8.49. The van der Waals surface area contributed by atoms with E-state index in [4.69, 9.17) is 9.47 Å². The van der Waals surface area contributed by atoms with Gasteiger partial charge in [0.15, 0.2) is 0 Å². The molecule has 120 valence electrons. The molecule has 0 aliphatic carbocycles. The van der Waals surface area contributed by atoms with E-state index in [1.165, 1.54) is 5.56 Å². The second-order valence-corrected chi connectivity index (χ2v) is 6.00. The van der Waals surface area contributed by atoms with Gasteiger partial charge in [-0.2, -0.15) is 0 Å². The van der Waals surface area contributed by atoms with Gasteiger partial charge in [0.25, 0.3) is 0 Å². The minimum absolute atomic E-state index is 0.631. The first-order valence-electron chi connectivity index (χ1n) is 8.49. The van der Waals surface area contributed by atoms with Gasteiger partial charge >= 0.3 is 0 Å². The van der Waals surface area contributed by atoms with Crippen LogP contribution in [0.5, 0.6) is 11.5 Å². The van der Waals surface area contributed by atoms with Crippen LogP contribution in [0.25, 0.3) is 5.76 Å². The lowest BCUT2D eigenvalue weighted by Gasteiger charge is -2.20. The zero-order valence-corrected chi connectivity index (χ0v) is 13.9. The first-order chi connectivity index (χ1) is 11.3. The van der Waals surface area contributed by atoms with Crippen molar-refractivity contribution in [2.75, 3.05) is 6.61 Å². The molecule has 23 heavy (non-hydrogen) atoms. The Morgan fingerprint density at radius 3 is 2.57 bits per heavy atom. The van der Waals surface area contributed by atoms with Crippen molar-refractivity contribution in [3.05, 3.63) is 65.7 Å². The molecular weight excluding hydrogens is 284 g/mol. The third-order valence-corrected chi connectivity index (χ3v) is 4.46. The fourth-order valence-corrected chi connectivity index (χ4v) is 2.79. The number of allylic oxidation sites excluding steroid dienone is 1. The molecule has 0 aromatic heterocycles. The minimum atomic E-state index is 0.631. The van der Waals surface area contributed by atoms with Gasteiger partial charge in [-0.3, -0.25) is 0 Å². The number of benzene rings is 2. The molecule has 1 aliphatic heterocycles. The third-order valence-electron chi connectivity index (χ3n) is 4.46. The maximum Gasteiger partial charge on any atom is 0.131 e. The predicted molar refractivity (Wildman–Crippen MR) is 94.8 cm³/mol. The van der Waals surface area contributed by atoms with E-state index >= 15 is 0 Å². The van der Waals surface area contributed by atoms with Crippen molar-refractivity contribution in [1.29, 1.82) is 0 Å². The van der Waals surface area contributed by atoms with Crippen LogP contribution in [0.1, 0.15) is 37.8 Å². The molecule has 2 heteroatoms. The Balaban J connectivity index is 1.69. The maximum atomic E-state index is 6.05. The van der Waals surface area contributed by atoms with Crippen LogP contribution in [0.3, 0.4) is 0 Å². The Hall–Kier alpha value is -2.22.